The first kappa shape index (κ1) is 15.2. The molecule has 0 aliphatic carbocycles. The highest BCUT2D eigenvalue weighted by atomic mass is 19.4. The fraction of sp³-hybridized carbons (Fsp3) is 0.889. The summed E-state index contributed by atoms with van der Waals surface area (Å²) in [5.41, 5.74) is 3.99. The van der Waals surface area contributed by atoms with Gasteiger partial charge in [0.25, 0.3) is 0 Å². The Bertz CT molecular complexity index is 229. The van der Waals surface area contributed by atoms with Crippen LogP contribution in [-0.4, -0.2) is 36.0 Å². The molecule has 4 nitrogen and oxygen atoms in total. The molecule has 0 amide bonds. The van der Waals surface area contributed by atoms with Crippen molar-refractivity contribution in [1.82, 2.24) is 0 Å². The van der Waals surface area contributed by atoms with Gasteiger partial charge in [-0.1, -0.05) is 0 Å². The highest BCUT2D eigenvalue weighted by Crippen LogP contribution is 2.21. The quantitative estimate of drug-likeness (QED) is 0.665. The van der Waals surface area contributed by atoms with E-state index in [4.69, 9.17) is 15.6 Å². The summed E-state index contributed by atoms with van der Waals surface area (Å²) < 4.78 is 40.0. The molecule has 1 atom stereocenters. The van der Waals surface area contributed by atoms with Crippen LogP contribution >= 0.6 is 0 Å². The zero-order valence-electron chi connectivity index (χ0n) is 9.01. The second-order valence-electron chi connectivity index (χ2n) is 3.80. The lowest BCUT2D eigenvalue weighted by molar-refractivity contribution is -0.143. The topological polar surface area (TPSA) is 72.5 Å². The van der Waals surface area contributed by atoms with Gasteiger partial charge in [0.2, 0.25) is 0 Å². The average molecular weight is 243 g/mol. The number of aliphatic carboxylic acids is 1. The van der Waals surface area contributed by atoms with Crippen LogP contribution in [0.25, 0.3) is 0 Å². The first-order valence-corrected chi connectivity index (χ1v) is 4.82. The van der Waals surface area contributed by atoms with Crippen LogP contribution in [0.1, 0.15) is 26.2 Å². The Kier molecular flexibility index (Phi) is 5.74. The molecule has 1 unspecified atom stereocenters. The van der Waals surface area contributed by atoms with Crippen molar-refractivity contribution in [3.05, 3.63) is 0 Å². The van der Waals surface area contributed by atoms with E-state index in [1.807, 2.05) is 0 Å². The molecule has 3 N–H and O–H groups in total. The predicted octanol–water partition coefficient (Wildman–Crippen LogP) is 1.54. The van der Waals surface area contributed by atoms with Crippen LogP contribution in [0.3, 0.4) is 0 Å². The van der Waals surface area contributed by atoms with Crippen molar-refractivity contribution < 1.29 is 27.8 Å². The number of carboxylic acids is 1. The molecule has 0 fully saturated rings. The van der Waals surface area contributed by atoms with Gasteiger partial charge in [-0.15, -0.1) is 0 Å². The number of carboxylic acid groups (broad SMARTS) is 1. The third-order valence-electron chi connectivity index (χ3n) is 2.00. The molecule has 0 radical (unpaired) electrons. The molecular formula is C9H16F3NO3. The van der Waals surface area contributed by atoms with Crippen LogP contribution < -0.4 is 5.73 Å². The van der Waals surface area contributed by atoms with Crippen LogP contribution in [0.5, 0.6) is 0 Å². The summed E-state index contributed by atoms with van der Waals surface area (Å²) in [6.07, 6.45) is -5.13. The molecule has 0 bridgehead atoms. The Morgan fingerprint density at radius 1 is 1.31 bits per heavy atom. The molecule has 7 heteroatoms. The minimum Gasteiger partial charge on any atom is -0.480 e. The molecule has 16 heavy (non-hydrogen) atoms. The van der Waals surface area contributed by atoms with Gasteiger partial charge in [-0.3, -0.25) is 4.79 Å². The van der Waals surface area contributed by atoms with Gasteiger partial charge < -0.3 is 15.6 Å². The Hall–Kier alpha value is -0.820. The van der Waals surface area contributed by atoms with Gasteiger partial charge in [0, 0.05) is 19.6 Å². The van der Waals surface area contributed by atoms with Gasteiger partial charge in [0.05, 0.1) is 0 Å². The van der Waals surface area contributed by atoms with Gasteiger partial charge in [-0.25, -0.2) is 0 Å². The van der Waals surface area contributed by atoms with Crippen molar-refractivity contribution in [2.75, 3.05) is 13.2 Å². The fourth-order valence-electron chi connectivity index (χ4n) is 0.868. The summed E-state index contributed by atoms with van der Waals surface area (Å²) in [5, 5.41) is 8.62. The number of nitrogens with two attached hydrogens (primary N) is 1. The summed E-state index contributed by atoms with van der Waals surface area (Å²) >= 11 is 0. The maximum Gasteiger partial charge on any atom is 0.389 e. The summed E-state index contributed by atoms with van der Waals surface area (Å²) in [6.45, 7) is 1.32. The number of rotatable bonds is 7. The molecule has 0 spiro atoms. The van der Waals surface area contributed by atoms with Gasteiger partial charge in [0.15, 0.2) is 0 Å². The monoisotopic (exact) mass is 243 g/mol. The standard InChI is InChI=1S/C9H16F3NO3/c1-8(13,7(14)15)4-6-16-5-2-3-9(10,11)12/h2-6,13H2,1H3,(H,14,15). The highest BCUT2D eigenvalue weighted by molar-refractivity contribution is 5.77. The van der Waals surface area contributed by atoms with Gasteiger partial charge in [0.1, 0.15) is 5.54 Å². The first-order valence-electron chi connectivity index (χ1n) is 4.82. The fourth-order valence-corrected chi connectivity index (χ4v) is 0.868. The molecule has 0 aromatic carbocycles. The van der Waals surface area contributed by atoms with E-state index in [2.05, 4.69) is 0 Å². The molecule has 0 saturated carbocycles. The molecule has 0 rings (SSSR count). The third-order valence-corrected chi connectivity index (χ3v) is 2.00. The van der Waals surface area contributed by atoms with Crippen molar-refractivity contribution in [3.8, 4) is 0 Å². The highest BCUT2D eigenvalue weighted by Gasteiger charge is 2.28. The normalized spacial score (nSPS) is 15.8. The number of halogens is 3. The third kappa shape index (κ3) is 7.47. The van der Waals surface area contributed by atoms with Crippen molar-refractivity contribution in [2.24, 2.45) is 5.73 Å². The van der Waals surface area contributed by atoms with Crippen LogP contribution in [0.4, 0.5) is 13.2 Å². The summed E-state index contributed by atoms with van der Waals surface area (Å²) in [4.78, 5) is 10.5. The number of hydrogen-bond donors (Lipinski definition) is 2. The van der Waals surface area contributed by atoms with Gasteiger partial charge in [-0.05, 0) is 19.8 Å². The molecule has 0 aliphatic heterocycles. The van der Waals surface area contributed by atoms with Gasteiger partial charge >= 0.3 is 12.1 Å². The van der Waals surface area contributed by atoms with E-state index in [1.54, 1.807) is 0 Å². The summed E-state index contributed by atoms with van der Waals surface area (Å²) in [7, 11) is 0. The Labute approximate surface area is 91.6 Å². The molecule has 0 heterocycles. The summed E-state index contributed by atoms with van der Waals surface area (Å²) in [5.74, 6) is -1.16. The van der Waals surface area contributed by atoms with Crippen LogP contribution in [0, 0.1) is 0 Å². The average Bonchev–Trinajstić information content (AvgIpc) is 2.09. The van der Waals surface area contributed by atoms with E-state index in [-0.39, 0.29) is 26.1 Å². The zero-order valence-corrected chi connectivity index (χ0v) is 9.01. The molecular weight excluding hydrogens is 227 g/mol. The van der Waals surface area contributed by atoms with Gasteiger partial charge in [-0.2, -0.15) is 13.2 Å². The van der Waals surface area contributed by atoms with Crippen molar-refractivity contribution in [2.45, 2.75) is 37.9 Å². The lowest BCUT2D eigenvalue weighted by Gasteiger charge is -2.18. The second-order valence-corrected chi connectivity index (χ2v) is 3.80. The molecule has 0 aromatic heterocycles. The molecule has 96 valence electrons. The van der Waals surface area contributed by atoms with Crippen LogP contribution in [0.15, 0.2) is 0 Å². The Morgan fingerprint density at radius 3 is 2.31 bits per heavy atom. The Balaban J connectivity index is 3.52. The SMILES string of the molecule is CC(N)(CCOCCCC(F)(F)F)C(=O)O. The lowest BCUT2D eigenvalue weighted by Crippen LogP contribution is -2.45. The van der Waals surface area contributed by atoms with E-state index >= 15 is 0 Å². The van der Waals surface area contributed by atoms with Crippen LogP contribution in [0.2, 0.25) is 0 Å². The van der Waals surface area contributed by atoms with E-state index in [1.165, 1.54) is 6.92 Å². The number of hydrogen-bond acceptors (Lipinski definition) is 3. The van der Waals surface area contributed by atoms with E-state index in [0.29, 0.717) is 0 Å². The Morgan fingerprint density at radius 2 is 1.88 bits per heavy atom. The van der Waals surface area contributed by atoms with Crippen LogP contribution in [-0.2, 0) is 9.53 Å². The minimum absolute atomic E-state index is 0.0388. The smallest absolute Gasteiger partial charge is 0.389 e. The number of carbonyl (C=O) groups is 1. The molecule has 0 aliphatic rings. The van der Waals surface area contributed by atoms with E-state index in [9.17, 15) is 18.0 Å². The van der Waals surface area contributed by atoms with Crippen molar-refractivity contribution in [1.29, 1.82) is 0 Å². The molecule has 0 aromatic rings. The van der Waals surface area contributed by atoms with E-state index < -0.39 is 24.1 Å². The maximum absolute atomic E-state index is 11.7. The predicted molar refractivity (Wildman–Crippen MR) is 51.0 cm³/mol. The second kappa shape index (κ2) is 6.05. The van der Waals surface area contributed by atoms with Crippen molar-refractivity contribution >= 4 is 5.97 Å². The largest absolute Gasteiger partial charge is 0.480 e. The number of ether oxygens (including phenoxy) is 1. The summed E-state index contributed by atoms with van der Waals surface area (Å²) in [6, 6.07) is 0. The minimum atomic E-state index is -4.17. The van der Waals surface area contributed by atoms with E-state index in [0.717, 1.165) is 0 Å². The first-order chi connectivity index (χ1) is 7.15. The lowest BCUT2D eigenvalue weighted by atomic mass is 10.0. The molecule has 0 saturated heterocycles. The zero-order chi connectivity index (χ0) is 12.8. The maximum atomic E-state index is 11.7. The van der Waals surface area contributed by atoms with Crippen molar-refractivity contribution in [3.63, 3.8) is 0 Å². The number of alkyl halides is 3.